The fraction of sp³-hybridized carbons (Fsp3) is 0.708. The summed E-state index contributed by atoms with van der Waals surface area (Å²) in [5, 5.41) is 5.62. The highest BCUT2D eigenvalue weighted by Crippen LogP contribution is 2.23. The maximum absolute atomic E-state index is 13.3. The van der Waals surface area contributed by atoms with Gasteiger partial charge in [0.25, 0.3) is 5.91 Å². The Balaban J connectivity index is 1.86. The number of likely N-dealkylation sites (tertiary alicyclic amines) is 1. The molecule has 0 radical (unpaired) electrons. The number of aromatic nitrogens is 2. The van der Waals surface area contributed by atoms with Gasteiger partial charge < -0.3 is 20.1 Å². The normalized spacial score (nSPS) is 19.4. The number of nitrogens with one attached hydrogen (secondary N) is 2. The van der Waals surface area contributed by atoms with Crippen LogP contribution in [0.25, 0.3) is 6.08 Å². The molecular weight excluding hydrogens is 404 g/mol. The van der Waals surface area contributed by atoms with Gasteiger partial charge in [-0.25, -0.2) is 4.98 Å². The first kappa shape index (κ1) is 24.5. The quantitative estimate of drug-likeness (QED) is 0.702. The summed E-state index contributed by atoms with van der Waals surface area (Å²) >= 11 is 0. The molecule has 3 rings (SSSR count). The second-order valence-corrected chi connectivity index (χ2v) is 10.2. The van der Waals surface area contributed by atoms with Crippen molar-refractivity contribution in [3.63, 3.8) is 0 Å². The number of rotatable bonds is 6. The molecule has 0 aliphatic carbocycles. The van der Waals surface area contributed by atoms with Crippen molar-refractivity contribution in [1.29, 1.82) is 0 Å². The van der Waals surface area contributed by atoms with E-state index >= 15 is 0 Å². The summed E-state index contributed by atoms with van der Waals surface area (Å²) in [4.78, 5) is 35.2. The van der Waals surface area contributed by atoms with Crippen molar-refractivity contribution in [2.75, 3.05) is 40.3 Å². The van der Waals surface area contributed by atoms with Gasteiger partial charge in [-0.2, -0.15) is 0 Å². The van der Waals surface area contributed by atoms with Crippen molar-refractivity contribution < 1.29 is 9.59 Å². The van der Waals surface area contributed by atoms with Crippen molar-refractivity contribution in [1.82, 2.24) is 30.0 Å². The van der Waals surface area contributed by atoms with Crippen molar-refractivity contribution in [2.45, 2.75) is 65.6 Å². The third-order valence-electron chi connectivity index (χ3n) is 6.39. The molecule has 0 aromatic carbocycles. The first-order chi connectivity index (χ1) is 15.2. The minimum absolute atomic E-state index is 0.199. The van der Waals surface area contributed by atoms with Gasteiger partial charge in [0.1, 0.15) is 11.9 Å². The molecule has 1 unspecified atom stereocenters. The van der Waals surface area contributed by atoms with Crippen molar-refractivity contribution in [2.24, 2.45) is 5.41 Å². The van der Waals surface area contributed by atoms with E-state index in [-0.39, 0.29) is 11.8 Å². The molecule has 2 N–H and O–H groups in total. The average Bonchev–Trinajstić information content (AvgIpc) is 2.96. The largest absolute Gasteiger partial charge is 0.357 e. The van der Waals surface area contributed by atoms with Crippen molar-refractivity contribution in [3.8, 4) is 0 Å². The molecule has 178 valence electrons. The summed E-state index contributed by atoms with van der Waals surface area (Å²) in [7, 11) is 3.66. The van der Waals surface area contributed by atoms with Crippen LogP contribution in [0.2, 0.25) is 0 Å². The highest BCUT2D eigenvalue weighted by molar-refractivity contribution is 5.97. The number of fused-ring (bicyclic) bond motifs is 1. The van der Waals surface area contributed by atoms with Crippen molar-refractivity contribution in [3.05, 3.63) is 23.3 Å². The molecule has 2 aliphatic heterocycles. The molecule has 32 heavy (non-hydrogen) atoms. The maximum atomic E-state index is 13.3. The van der Waals surface area contributed by atoms with Gasteiger partial charge in [-0.1, -0.05) is 33.3 Å². The van der Waals surface area contributed by atoms with Gasteiger partial charge in [0, 0.05) is 26.7 Å². The molecule has 0 bridgehead atoms. The van der Waals surface area contributed by atoms with Gasteiger partial charge in [-0.05, 0) is 57.4 Å². The number of nitrogens with zero attached hydrogens (tertiary/aromatic N) is 4. The molecule has 0 saturated carbocycles. The lowest BCUT2D eigenvalue weighted by atomic mass is 9.86. The molecule has 1 aromatic rings. The van der Waals surface area contributed by atoms with Crippen LogP contribution in [-0.2, 0) is 17.9 Å². The molecule has 2 amide bonds. The van der Waals surface area contributed by atoms with E-state index in [1.165, 1.54) is 19.3 Å². The minimum Gasteiger partial charge on any atom is -0.357 e. The number of imidazole rings is 1. The molecule has 2 aliphatic rings. The summed E-state index contributed by atoms with van der Waals surface area (Å²) in [5.41, 5.74) is 0.930. The number of carbonyl (C=O) groups is 2. The van der Waals surface area contributed by atoms with E-state index in [0.29, 0.717) is 12.2 Å². The number of likely N-dealkylation sites (N-methyl/N-ethyl adjacent to an activating group) is 1. The van der Waals surface area contributed by atoms with Crippen LogP contribution in [0.1, 0.15) is 68.5 Å². The van der Waals surface area contributed by atoms with Crippen LogP contribution >= 0.6 is 0 Å². The van der Waals surface area contributed by atoms with E-state index in [4.69, 9.17) is 4.98 Å². The van der Waals surface area contributed by atoms with Crippen LogP contribution in [0.5, 0.6) is 0 Å². The van der Waals surface area contributed by atoms with E-state index < -0.39 is 11.5 Å². The molecule has 0 spiro atoms. The zero-order valence-corrected chi connectivity index (χ0v) is 20.4. The second-order valence-electron chi connectivity index (χ2n) is 10.2. The van der Waals surface area contributed by atoms with Gasteiger partial charge in [0.2, 0.25) is 5.91 Å². The van der Waals surface area contributed by atoms with Gasteiger partial charge in [0.15, 0.2) is 5.69 Å². The number of piperidine rings is 1. The number of hydrogen-bond donors (Lipinski definition) is 2. The predicted molar refractivity (Wildman–Crippen MR) is 127 cm³/mol. The highest BCUT2D eigenvalue weighted by atomic mass is 16.2. The Morgan fingerprint density at radius 2 is 1.81 bits per heavy atom. The van der Waals surface area contributed by atoms with Crippen LogP contribution in [0.15, 0.2) is 6.08 Å². The molecule has 1 aromatic heterocycles. The minimum atomic E-state index is -0.640. The fourth-order valence-corrected chi connectivity index (χ4v) is 4.53. The predicted octanol–water partition coefficient (Wildman–Crippen LogP) is 2.11. The molecule has 8 heteroatoms. The van der Waals surface area contributed by atoms with E-state index in [0.717, 1.165) is 50.7 Å². The molecule has 1 saturated heterocycles. The Morgan fingerprint density at radius 1 is 1.09 bits per heavy atom. The van der Waals surface area contributed by atoms with Crippen LogP contribution in [0.4, 0.5) is 0 Å². The monoisotopic (exact) mass is 444 g/mol. The van der Waals surface area contributed by atoms with E-state index in [2.05, 4.69) is 44.2 Å². The lowest BCUT2D eigenvalue weighted by Crippen LogP contribution is -2.53. The SMILES string of the molecule is CNC(=O)C(NC(=O)c1nc(/C=C/CN2CCCCC2)n2c1CN(C)CCC2)C(C)(C)C. The third kappa shape index (κ3) is 5.98. The summed E-state index contributed by atoms with van der Waals surface area (Å²) in [6.07, 6.45) is 9.09. The van der Waals surface area contributed by atoms with Crippen molar-refractivity contribution >= 4 is 17.9 Å². The zero-order valence-electron chi connectivity index (χ0n) is 20.4. The summed E-state index contributed by atoms with van der Waals surface area (Å²) in [6.45, 7) is 11.5. The number of amides is 2. The Labute approximate surface area is 192 Å². The highest BCUT2D eigenvalue weighted by Gasteiger charge is 2.34. The van der Waals surface area contributed by atoms with Gasteiger partial charge in [0.05, 0.1) is 5.69 Å². The van der Waals surface area contributed by atoms with E-state index in [9.17, 15) is 9.59 Å². The summed E-state index contributed by atoms with van der Waals surface area (Å²) in [6, 6.07) is -0.640. The van der Waals surface area contributed by atoms with E-state index in [1.54, 1.807) is 7.05 Å². The second kappa shape index (κ2) is 10.6. The lowest BCUT2D eigenvalue weighted by Gasteiger charge is -2.29. The molecule has 1 fully saturated rings. The molecule has 1 atom stereocenters. The zero-order chi connectivity index (χ0) is 23.3. The van der Waals surface area contributed by atoms with Crippen LogP contribution < -0.4 is 10.6 Å². The Morgan fingerprint density at radius 3 is 2.47 bits per heavy atom. The van der Waals surface area contributed by atoms with Crippen LogP contribution in [0, 0.1) is 5.41 Å². The first-order valence-electron chi connectivity index (χ1n) is 11.9. The number of carbonyl (C=O) groups excluding carboxylic acids is 2. The van der Waals surface area contributed by atoms with Gasteiger partial charge >= 0.3 is 0 Å². The van der Waals surface area contributed by atoms with Gasteiger partial charge in [-0.3, -0.25) is 14.5 Å². The molecule has 8 nitrogen and oxygen atoms in total. The summed E-state index contributed by atoms with van der Waals surface area (Å²) < 4.78 is 2.18. The van der Waals surface area contributed by atoms with Crippen LogP contribution in [-0.4, -0.2) is 77.5 Å². The molecular formula is C24H40N6O2. The summed E-state index contributed by atoms with van der Waals surface area (Å²) in [5.74, 6) is 0.336. The van der Waals surface area contributed by atoms with E-state index in [1.807, 2.05) is 20.8 Å². The van der Waals surface area contributed by atoms with Crippen LogP contribution in [0.3, 0.4) is 0 Å². The number of hydrogen-bond acceptors (Lipinski definition) is 5. The maximum Gasteiger partial charge on any atom is 0.272 e. The first-order valence-corrected chi connectivity index (χ1v) is 11.9. The van der Waals surface area contributed by atoms with Gasteiger partial charge in [-0.15, -0.1) is 0 Å². The Hall–Kier alpha value is -2.19. The topological polar surface area (TPSA) is 82.5 Å². The molecule has 3 heterocycles. The standard InChI is InChI=1S/C24H40N6O2/c1-24(2,3)21(23(32)25-4)27-22(31)20-18-17-28(5)12-10-16-30(18)19(26-20)11-9-15-29-13-7-6-8-14-29/h9,11,21H,6-8,10,12-17H2,1-5H3,(H,25,32)(H,27,31)/b11-9+. The Bertz CT molecular complexity index is 832. The Kier molecular flexibility index (Phi) is 8.11. The lowest BCUT2D eigenvalue weighted by molar-refractivity contribution is -0.124. The third-order valence-corrected chi connectivity index (χ3v) is 6.39. The fourth-order valence-electron chi connectivity index (χ4n) is 4.53. The average molecular weight is 445 g/mol. The smallest absolute Gasteiger partial charge is 0.272 e.